The summed E-state index contributed by atoms with van der Waals surface area (Å²) >= 11 is 0. The van der Waals surface area contributed by atoms with Crippen molar-refractivity contribution >= 4 is 23.2 Å². The van der Waals surface area contributed by atoms with E-state index in [-0.39, 0.29) is 11.8 Å². The number of carbonyl (C=O) groups is 2. The van der Waals surface area contributed by atoms with E-state index < -0.39 is 6.10 Å². The van der Waals surface area contributed by atoms with Gasteiger partial charge in [0.05, 0.1) is 0 Å². The van der Waals surface area contributed by atoms with Gasteiger partial charge < -0.3 is 15.4 Å². The second kappa shape index (κ2) is 9.21. The Hall–Kier alpha value is -2.82. The number of rotatable bonds is 7. The van der Waals surface area contributed by atoms with E-state index in [1.165, 1.54) is 0 Å². The Labute approximate surface area is 161 Å². The van der Waals surface area contributed by atoms with Gasteiger partial charge >= 0.3 is 0 Å². The summed E-state index contributed by atoms with van der Waals surface area (Å²) in [5.74, 6) is 0.771. The standard InChI is InChI=1S/C22H28N2O3/c1-14(2)12-21(25)23-18-8-10-19(11-9-18)24-22(26)17(5)27-20-13-15(3)6-7-16(20)4/h6-11,13-14,17H,12H2,1-5H3,(H,23,25)(H,24,26). The monoisotopic (exact) mass is 368 g/mol. The fourth-order valence-electron chi connectivity index (χ4n) is 2.54. The smallest absolute Gasteiger partial charge is 0.265 e. The Bertz CT molecular complexity index is 798. The van der Waals surface area contributed by atoms with Crippen LogP contribution in [0.25, 0.3) is 0 Å². The molecule has 0 saturated heterocycles. The van der Waals surface area contributed by atoms with E-state index in [1.807, 2.05) is 45.9 Å². The molecule has 1 atom stereocenters. The van der Waals surface area contributed by atoms with E-state index in [0.29, 0.717) is 29.5 Å². The number of ether oxygens (including phenoxy) is 1. The van der Waals surface area contributed by atoms with Gasteiger partial charge in [0.1, 0.15) is 5.75 Å². The molecule has 0 aromatic heterocycles. The summed E-state index contributed by atoms with van der Waals surface area (Å²) in [6, 6.07) is 13.0. The van der Waals surface area contributed by atoms with Crippen molar-refractivity contribution in [3.8, 4) is 5.75 Å². The fourth-order valence-corrected chi connectivity index (χ4v) is 2.54. The summed E-state index contributed by atoms with van der Waals surface area (Å²) in [6.45, 7) is 9.65. The first kappa shape index (κ1) is 20.5. The highest BCUT2D eigenvalue weighted by atomic mass is 16.5. The first-order valence-electron chi connectivity index (χ1n) is 9.19. The largest absolute Gasteiger partial charge is 0.481 e. The number of benzene rings is 2. The minimum Gasteiger partial charge on any atom is -0.481 e. The van der Waals surface area contributed by atoms with Crippen molar-refractivity contribution in [3.63, 3.8) is 0 Å². The molecule has 5 heteroatoms. The number of anilines is 2. The molecular formula is C22H28N2O3. The van der Waals surface area contributed by atoms with Crippen LogP contribution >= 0.6 is 0 Å². The number of amides is 2. The number of hydrogen-bond acceptors (Lipinski definition) is 3. The summed E-state index contributed by atoms with van der Waals surface area (Å²) in [5, 5.41) is 5.68. The van der Waals surface area contributed by atoms with Crippen molar-refractivity contribution in [2.75, 3.05) is 10.6 Å². The molecule has 0 fully saturated rings. The fraction of sp³-hybridized carbons (Fsp3) is 0.364. The number of nitrogens with one attached hydrogen (secondary N) is 2. The van der Waals surface area contributed by atoms with Gasteiger partial charge in [0.15, 0.2) is 6.10 Å². The SMILES string of the molecule is Cc1ccc(C)c(OC(C)C(=O)Nc2ccc(NC(=O)CC(C)C)cc2)c1. The molecule has 27 heavy (non-hydrogen) atoms. The van der Waals surface area contributed by atoms with Crippen LogP contribution in [0.1, 0.15) is 38.3 Å². The Morgan fingerprint density at radius 2 is 1.52 bits per heavy atom. The molecule has 0 heterocycles. The van der Waals surface area contributed by atoms with Crippen molar-refractivity contribution in [1.82, 2.24) is 0 Å². The highest BCUT2D eigenvalue weighted by molar-refractivity contribution is 5.95. The van der Waals surface area contributed by atoms with Gasteiger partial charge in [0, 0.05) is 17.8 Å². The number of aryl methyl sites for hydroxylation is 2. The van der Waals surface area contributed by atoms with Gasteiger partial charge in [-0.25, -0.2) is 0 Å². The molecule has 2 aromatic carbocycles. The lowest BCUT2D eigenvalue weighted by molar-refractivity contribution is -0.122. The third-order valence-corrected chi connectivity index (χ3v) is 4.05. The first-order valence-corrected chi connectivity index (χ1v) is 9.19. The van der Waals surface area contributed by atoms with Gasteiger partial charge in [-0.3, -0.25) is 9.59 Å². The lowest BCUT2D eigenvalue weighted by atomic mass is 10.1. The average Bonchev–Trinajstić information content (AvgIpc) is 2.59. The quantitative estimate of drug-likeness (QED) is 0.745. The highest BCUT2D eigenvalue weighted by Gasteiger charge is 2.16. The lowest BCUT2D eigenvalue weighted by Crippen LogP contribution is -2.30. The molecule has 2 amide bonds. The zero-order valence-corrected chi connectivity index (χ0v) is 16.6. The van der Waals surface area contributed by atoms with Crippen molar-refractivity contribution in [2.45, 2.75) is 47.1 Å². The van der Waals surface area contributed by atoms with Gasteiger partial charge in [-0.2, -0.15) is 0 Å². The van der Waals surface area contributed by atoms with Crippen LogP contribution in [0.2, 0.25) is 0 Å². The molecule has 2 rings (SSSR count). The maximum atomic E-state index is 12.4. The van der Waals surface area contributed by atoms with E-state index in [4.69, 9.17) is 4.74 Å². The lowest BCUT2D eigenvalue weighted by Gasteiger charge is -2.17. The Balaban J connectivity index is 1.93. The first-order chi connectivity index (χ1) is 12.7. The van der Waals surface area contributed by atoms with Crippen LogP contribution in [0.4, 0.5) is 11.4 Å². The maximum Gasteiger partial charge on any atom is 0.265 e. The van der Waals surface area contributed by atoms with E-state index in [9.17, 15) is 9.59 Å². The van der Waals surface area contributed by atoms with Crippen LogP contribution < -0.4 is 15.4 Å². The maximum absolute atomic E-state index is 12.4. The van der Waals surface area contributed by atoms with Crippen molar-refractivity contribution in [3.05, 3.63) is 53.6 Å². The molecule has 0 spiro atoms. The van der Waals surface area contributed by atoms with Crippen LogP contribution in [-0.4, -0.2) is 17.9 Å². The molecule has 0 aliphatic heterocycles. The van der Waals surface area contributed by atoms with E-state index in [2.05, 4.69) is 10.6 Å². The molecule has 2 N–H and O–H groups in total. The van der Waals surface area contributed by atoms with Gasteiger partial charge in [-0.15, -0.1) is 0 Å². The van der Waals surface area contributed by atoms with E-state index in [1.54, 1.807) is 31.2 Å². The summed E-state index contributed by atoms with van der Waals surface area (Å²) in [7, 11) is 0. The molecule has 5 nitrogen and oxygen atoms in total. The van der Waals surface area contributed by atoms with Crippen LogP contribution in [0, 0.1) is 19.8 Å². The third kappa shape index (κ3) is 6.44. The molecule has 2 aromatic rings. The van der Waals surface area contributed by atoms with Gasteiger partial charge in [-0.05, 0) is 68.1 Å². The molecule has 0 bridgehead atoms. The zero-order chi connectivity index (χ0) is 20.0. The average molecular weight is 368 g/mol. The second-order valence-electron chi connectivity index (χ2n) is 7.24. The van der Waals surface area contributed by atoms with Gasteiger partial charge in [-0.1, -0.05) is 26.0 Å². The number of hydrogen-bond donors (Lipinski definition) is 2. The third-order valence-electron chi connectivity index (χ3n) is 4.05. The van der Waals surface area contributed by atoms with Crippen LogP contribution in [-0.2, 0) is 9.59 Å². The topological polar surface area (TPSA) is 67.4 Å². The summed E-state index contributed by atoms with van der Waals surface area (Å²) in [5.41, 5.74) is 3.43. The molecule has 0 saturated carbocycles. The molecule has 0 radical (unpaired) electrons. The predicted octanol–water partition coefficient (Wildman–Crippen LogP) is 4.69. The molecule has 0 aliphatic rings. The Morgan fingerprint density at radius 1 is 0.926 bits per heavy atom. The van der Waals surface area contributed by atoms with Crippen molar-refractivity contribution in [1.29, 1.82) is 0 Å². The summed E-state index contributed by atoms with van der Waals surface area (Å²) in [6.07, 6.45) is -0.151. The van der Waals surface area contributed by atoms with Crippen LogP contribution in [0.5, 0.6) is 5.75 Å². The predicted molar refractivity (Wildman–Crippen MR) is 109 cm³/mol. The summed E-state index contributed by atoms with van der Waals surface area (Å²) in [4.78, 5) is 24.2. The molecule has 144 valence electrons. The number of carbonyl (C=O) groups excluding carboxylic acids is 2. The molecular weight excluding hydrogens is 340 g/mol. The highest BCUT2D eigenvalue weighted by Crippen LogP contribution is 2.21. The summed E-state index contributed by atoms with van der Waals surface area (Å²) < 4.78 is 5.80. The Morgan fingerprint density at radius 3 is 2.11 bits per heavy atom. The molecule has 1 unspecified atom stereocenters. The van der Waals surface area contributed by atoms with Gasteiger partial charge in [0.2, 0.25) is 5.91 Å². The van der Waals surface area contributed by atoms with Crippen molar-refractivity contribution < 1.29 is 14.3 Å². The van der Waals surface area contributed by atoms with Crippen LogP contribution in [0.3, 0.4) is 0 Å². The minimum atomic E-state index is -0.629. The van der Waals surface area contributed by atoms with E-state index in [0.717, 1.165) is 11.1 Å². The zero-order valence-electron chi connectivity index (χ0n) is 16.6. The molecule has 0 aliphatic carbocycles. The van der Waals surface area contributed by atoms with Gasteiger partial charge in [0.25, 0.3) is 5.91 Å². The second-order valence-corrected chi connectivity index (χ2v) is 7.24. The normalized spacial score (nSPS) is 11.8. The Kier molecular flexibility index (Phi) is 6.99. The van der Waals surface area contributed by atoms with Crippen LogP contribution in [0.15, 0.2) is 42.5 Å². The van der Waals surface area contributed by atoms with Crippen molar-refractivity contribution in [2.24, 2.45) is 5.92 Å². The minimum absolute atomic E-state index is 0.0164. The van der Waals surface area contributed by atoms with E-state index >= 15 is 0 Å².